The molecular weight excluding hydrogens is 188 g/mol. The topological polar surface area (TPSA) is 24.5 Å². The molecule has 0 unspecified atom stereocenters. The summed E-state index contributed by atoms with van der Waals surface area (Å²) >= 11 is 0. The number of hydrogen-bond acceptors (Lipinski definition) is 3. The van der Waals surface area contributed by atoms with Crippen LogP contribution in [0.3, 0.4) is 0 Å². The molecule has 3 heteroatoms. The molecule has 0 saturated heterocycles. The highest BCUT2D eigenvalue weighted by atomic mass is 16.5. The molecule has 1 aliphatic rings. The first-order valence-electron chi connectivity index (χ1n) is 5.48. The third-order valence-electron chi connectivity index (χ3n) is 2.72. The van der Waals surface area contributed by atoms with Gasteiger partial charge in [0.05, 0.1) is 11.4 Å². The first kappa shape index (κ1) is 10.3. The van der Waals surface area contributed by atoms with Crippen LogP contribution in [0.2, 0.25) is 0 Å². The minimum Gasteiger partial charge on any atom is -0.385 e. The number of para-hydroxylation sites is 2. The van der Waals surface area contributed by atoms with Crippen LogP contribution >= 0.6 is 0 Å². The van der Waals surface area contributed by atoms with Crippen LogP contribution in [-0.4, -0.2) is 33.4 Å². The molecule has 0 amide bonds. The summed E-state index contributed by atoms with van der Waals surface area (Å²) in [5, 5.41) is 3.41. The summed E-state index contributed by atoms with van der Waals surface area (Å²) in [6, 6.07) is 8.48. The molecule has 1 aliphatic heterocycles. The predicted molar refractivity (Wildman–Crippen MR) is 63.6 cm³/mol. The van der Waals surface area contributed by atoms with Crippen molar-refractivity contribution in [2.24, 2.45) is 0 Å². The largest absolute Gasteiger partial charge is 0.385 e. The standard InChI is InChI=1S/C12H18N2O/c1-15-10-4-8-14-9-7-13-11-5-2-3-6-12(11)14/h2-3,5-6,13H,4,7-10H2,1H3. The third-order valence-corrected chi connectivity index (χ3v) is 2.72. The molecule has 0 aliphatic carbocycles. The third kappa shape index (κ3) is 2.42. The Morgan fingerprint density at radius 2 is 2.27 bits per heavy atom. The lowest BCUT2D eigenvalue weighted by Gasteiger charge is -2.31. The number of nitrogens with zero attached hydrogens (tertiary/aromatic N) is 1. The molecule has 3 nitrogen and oxygen atoms in total. The molecule has 0 bridgehead atoms. The molecule has 0 aromatic heterocycles. The normalized spacial score (nSPS) is 14.6. The SMILES string of the molecule is COCCCN1CCNc2ccccc21. The summed E-state index contributed by atoms with van der Waals surface area (Å²) < 4.78 is 5.08. The van der Waals surface area contributed by atoms with Gasteiger partial charge in [-0.3, -0.25) is 0 Å². The van der Waals surface area contributed by atoms with Crippen LogP contribution in [0.4, 0.5) is 11.4 Å². The summed E-state index contributed by atoms with van der Waals surface area (Å²) in [4.78, 5) is 2.42. The highest BCUT2D eigenvalue weighted by molar-refractivity contribution is 5.71. The molecular formula is C12H18N2O. The average Bonchev–Trinajstić information content (AvgIpc) is 2.30. The van der Waals surface area contributed by atoms with Gasteiger partial charge in [-0.25, -0.2) is 0 Å². The van der Waals surface area contributed by atoms with Gasteiger partial charge in [-0.15, -0.1) is 0 Å². The zero-order valence-corrected chi connectivity index (χ0v) is 9.20. The van der Waals surface area contributed by atoms with Crippen LogP contribution < -0.4 is 10.2 Å². The molecule has 1 aromatic carbocycles. The van der Waals surface area contributed by atoms with Crippen molar-refractivity contribution >= 4 is 11.4 Å². The van der Waals surface area contributed by atoms with Crippen LogP contribution in [0.25, 0.3) is 0 Å². The van der Waals surface area contributed by atoms with Gasteiger partial charge >= 0.3 is 0 Å². The van der Waals surface area contributed by atoms with E-state index in [4.69, 9.17) is 4.74 Å². The number of rotatable bonds is 4. The monoisotopic (exact) mass is 206 g/mol. The molecule has 82 valence electrons. The molecule has 0 saturated carbocycles. The lowest BCUT2D eigenvalue weighted by atomic mass is 10.2. The van der Waals surface area contributed by atoms with E-state index in [-0.39, 0.29) is 0 Å². The van der Waals surface area contributed by atoms with Crippen molar-refractivity contribution in [3.63, 3.8) is 0 Å². The zero-order chi connectivity index (χ0) is 10.5. The van der Waals surface area contributed by atoms with Gasteiger partial charge in [0.15, 0.2) is 0 Å². The van der Waals surface area contributed by atoms with Crippen molar-refractivity contribution in [3.05, 3.63) is 24.3 Å². The first-order chi connectivity index (χ1) is 7.42. The number of benzene rings is 1. The maximum Gasteiger partial charge on any atom is 0.0602 e. The summed E-state index contributed by atoms with van der Waals surface area (Å²) in [7, 11) is 1.76. The van der Waals surface area contributed by atoms with E-state index in [0.717, 1.165) is 32.7 Å². The van der Waals surface area contributed by atoms with Crippen molar-refractivity contribution in [1.29, 1.82) is 0 Å². The van der Waals surface area contributed by atoms with Crippen LogP contribution in [-0.2, 0) is 4.74 Å². The van der Waals surface area contributed by atoms with Gasteiger partial charge in [-0.2, -0.15) is 0 Å². The molecule has 1 heterocycles. The fourth-order valence-corrected chi connectivity index (χ4v) is 1.98. The van der Waals surface area contributed by atoms with Gasteiger partial charge in [-0.1, -0.05) is 12.1 Å². The van der Waals surface area contributed by atoms with E-state index in [1.54, 1.807) is 7.11 Å². The first-order valence-corrected chi connectivity index (χ1v) is 5.48. The van der Waals surface area contributed by atoms with Gasteiger partial charge in [0.2, 0.25) is 0 Å². The molecule has 0 atom stereocenters. The smallest absolute Gasteiger partial charge is 0.0602 e. The Morgan fingerprint density at radius 3 is 3.13 bits per heavy atom. The van der Waals surface area contributed by atoms with Gasteiger partial charge in [0.1, 0.15) is 0 Å². The molecule has 0 fully saturated rings. The number of fused-ring (bicyclic) bond motifs is 1. The molecule has 0 radical (unpaired) electrons. The van der Waals surface area contributed by atoms with E-state index in [0.29, 0.717) is 0 Å². The Balaban J connectivity index is 2.02. The summed E-state index contributed by atoms with van der Waals surface area (Å²) in [6.07, 6.45) is 1.09. The highest BCUT2D eigenvalue weighted by Crippen LogP contribution is 2.28. The molecule has 1 aromatic rings. The fraction of sp³-hybridized carbons (Fsp3) is 0.500. The van der Waals surface area contributed by atoms with Gasteiger partial charge in [0, 0.05) is 33.4 Å². The molecule has 1 N–H and O–H groups in total. The van der Waals surface area contributed by atoms with Gasteiger partial charge in [0.25, 0.3) is 0 Å². The van der Waals surface area contributed by atoms with Crippen molar-refractivity contribution in [3.8, 4) is 0 Å². The summed E-state index contributed by atoms with van der Waals surface area (Å²) in [6.45, 7) is 4.03. The van der Waals surface area contributed by atoms with Crippen LogP contribution in [0.15, 0.2) is 24.3 Å². The maximum atomic E-state index is 5.08. The maximum absolute atomic E-state index is 5.08. The second kappa shape index (κ2) is 5.03. The minimum atomic E-state index is 0.839. The number of nitrogens with one attached hydrogen (secondary N) is 1. The van der Waals surface area contributed by atoms with E-state index in [1.807, 2.05) is 0 Å². The van der Waals surface area contributed by atoms with Gasteiger partial charge < -0.3 is 15.0 Å². The number of anilines is 2. The van der Waals surface area contributed by atoms with E-state index in [1.165, 1.54) is 11.4 Å². The van der Waals surface area contributed by atoms with Crippen molar-refractivity contribution in [1.82, 2.24) is 0 Å². The Morgan fingerprint density at radius 1 is 1.40 bits per heavy atom. The summed E-state index contributed by atoms with van der Waals surface area (Å²) in [5.74, 6) is 0. The summed E-state index contributed by atoms with van der Waals surface area (Å²) in [5.41, 5.74) is 2.57. The molecule has 15 heavy (non-hydrogen) atoms. The van der Waals surface area contributed by atoms with Gasteiger partial charge in [-0.05, 0) is 18.6 Å². The van der Waals surface area contributed by atoms with E-state index in [2.05, 4.69) is 34.5 Å². The van der Waals surface area contributed by atoms with E-state index >= 15 is 0 Å². The predicted octanol–water partition coefficient (Wildman–Crippen LogP) is 1.95. The Labute approximate surface area is 91.0 Å². The number of ether oxygens (including phenoxy) is 1. The lowest BCUT2D eigenvalue weighted by molar-refractivity contribution is 0.196. The second-order valence-corrected chi connectivity index (χ2v) is 3.78. The Hall–Kier alpha value is -1.22. The molecule has 0 spiro atoms. The van der Waals surface area contributed by atoms with Crippen LogP contribution in [0.5, 0.6) is 0 Å². The highest BCUT2D eigenvalue weighted by Gasteiger charge is 2.14. The van der Waals surface area contributed by atoms with Crippen molar-refractivity contribution in [2.75, 3.05) is 43.6 Å². The Kier molecular flexibility index (Phi) is 3.45. The second-order valence-electron chi connectivity index (χ2n) is 3.78. The average molecular weight is 206 g/mol. The zero-order valence-electron chi connectivity index (χ0n) is 9.20. The fourth-order valence-electron chi connectivity index (χ4n) is 1.98. The lowest BCUT2D eigenvalue weighted by Crippen LogP contribution is -2.35. The number of hydrogen-bond donors (Lipinski definition) is 1. The van der Waals surface area contributed by atoms with Crippen molar-refractivity contribution < 1.29 is 4.74 Å². The molecule has 2 rings (SSSR count). The van der Waals surface area contributed by atoms with Crippen LogP contribution in [0, 0.1) is 0 Å². The van der Waals surface area contributed by atoms with E-state index < -0.39 is 0 Å². The number of methoxy groups -OCH3 is 1. The Bertz CT molecular complexity index is 314. The minimum absolute atomic E-state index is 0.839. The quantitative estimate of drug-likeness (QED) is 0.762. The van der Waals surface area contributed by atoms with Crippen molar-refractivity contribution in [2.45, 2.75) is 6.42 Å². The van der Waals surface area contributed by atoms with Crippen LogP contribution in [0.1, 0.15) is 6.42 Å². The van der Waals surface area contributed by atoms with E-state index in [9.17, 15) is 0 Å².